The smallest absolute Gasteiger partial charge is 0.429 e. The Kier molecular flexibility index (Phi) is 27.5. The number of ketones is 1. The molecule has 3 atom stereocenters. The number of carbonyl (C=O) groups is 6. The first-order valence-electron chi connectivity index (χ1n) is 22.8. The average Bonchev–Trinajstić information content (AvgIpc) is 3.29. The van der Waals surface area contributed by atoms with Crippen LogP contribution in [-0.2, 0) is 54.2 Å². The molecular formula is C47H66N6O15. The lowest BCUT2D eigenvalue weighted by Crippen LogP contribution is -2.45. The SMILES string of the molecule is CC(C)[C@H](NC(=O)CCOCCOCCOCCOCCNC(=O)COC1C#CCCCCC1)C(=O)C[C@@H](CCCNC(N)=O)C(=O)Nc1ccc(COC(=O)Oc2ccc([N+](=O)[O-])cc2)cc1. The molecule has 0 spiro atoms. The van der Waals surface area contributed by atoms with Crippen LogP contribution in [0.15, 0.2) is 48.5 Å². The van der Waals surface area contributed by atoms with E-state index in [9.17, 15) is 38.9 Å². The van der Waals surface area contributed by atoms with E-state index in [-0.39, 0.29) is 94.0 Å². The largest absolute Gasteiger partial charge is 0.514 e. The van der Waals surface area contributed by atoms with E-state index in [1.165, 1.54) is 24.3 Å². The molecular weight excluding hydrogens is 889 g/mol. The number of rotatable bonds is 33. The number of nitro groups is 1. The number of urea groups is 1. The minimum atomic E-state index is -1.02. The quantitative estimate of drug-likeness (QED) is 0.0166. The number of benzene rings is 2. The van der Waals surface area contributed by atoms with Crippen LogP contribution in [0.25, 0.3) is 0 Å². The van der Waals surface area contributed by atoms with E-state index in [0.29, 0.717) is 57.3 Å². The van der Waals surface area contributed by atoms with Gasteiger partial charge in [-0.1, -0.05) is 38.3 Å². The number of hydrogen-bond donors (Lipinski definition) is 5. The highest BCUT2D eigenvalue weighted by atomic mass is 16.7. The highest BCUT2D eigenvalue weighted by molar-refractivity contribution is 5.97. The molecule has 0 fully saturated rings. The summed E-state index contributed by atoms with van der Waals surface area (Å²) >= 11 is 0. The van der Waals surface area contributed by atoms with Gasteiger partial charge in [0, 0.05) is 56.1 Å². The Labute approximate surface area is 396 Å². The van der Waals surface area contributed by atoms with Crippen LogP contribution in [0.4, 0.5) is 21.0 Å². The maximum Gasteiger partial charge on any atom is 0.514 e. The van der Waals surface area contributed by atoms with E-state index in [4.69, 9.17) is 38.9 Å². The summed E-state index contributed by atoms with van der Waals surface area (Å²) in [4.78, 5) is 85.6. The van der Waals surface area contributed by atoms with Crippen molar-refractivity contribution in [3.05, 3.63) is 64.2 Å². The predicted octanol–water partition coefficient (Wildman–Crippen LogP) is 4.34. The number of primary amides is 1. The number of nitro benzene ring substituents is 1. The van der Waals surface area contributed by atoms with Gasteiger partial charge in [-0.25, -0.2) is 9.59 Å². The van der Waals surface area contributed by atoms with Gasteiger partial charge >= 0.3 is 12.2 Å². The molecule has 21 nitrogen and oxygen atoms in total. The van der Waals surface area contributed by atoms with Crippen LogP contribution in [0.1, 0.15) is 77.2 Å². The van der Waals surface area contributed by atoms with E-state index >= 15 is 0 Å². The first kappa shape index (κ1) is 56.1. The molecule has 0 radical (unpaired) electrons. The highest BCUT2D eigenvalue weighted by Crippen LogP contribution is 2.21. The molecule has 6 N–H and O–H groups in total. The lowest BCUT2D eigenvalue weighted by atomic mass is 9.89. The molecule has 1 unspecified atom stereocenters. The number of non-ortho nitro benzene ring substituents is 1. The zero-order valence-corrected chi connectivity index (χ0v) is 38.9. The van der Waals surface area contributed by atoms with Gasteiger partial charge in [-0.05, 0) is 67.9 Å². The fourth-order valence-electron chi connectivity index (χ4n) is 6.47. The number of hydrogen-bond acceptors (Lipinski definition) is 15. The lowest BCUT2D eigenvalue weighted by molar-refractivity contribution is -0.384. The Morgan fingerprint density at radius 1 is 0.809 bits per heavy atom. The Balaban J connectivity index is 1.29. The van der Waals surface area contributed by atoms with Gasteiger partial charge in [-0.2, -0.15) is 0 Å². The molecule has 374 valence electrons. The number of nitrogens with one attached hydrogen (secondary N) is 4. The van der Waals surface area contributed by atoms with Gasteiger partial charge in [-0.15, -0.1) is 5.92 Å². The summed E-state index contributed by atoms with van der Waals surface area (Å²) in [6.45, 7) is 6.31. The zero-order valence-electron chi connectivity index (χ0n) is 38.9. The minimum Gasteiger partial charge on any atom is -0.429 e. The van der Waals surface area contributed by atoms with Gasteiger partial charge in [0.1, 0.15) is 25.1 Å². The van der Waals surface area contributed by atoms with E-state index in [1.807, 2.05) is 0 Å². The lowest BCUT2D eigenvalue weighted by Gasteiger charge is -2.24. The van der Waals surface area contributed by atoms with Crippen LogP contribution in [0.3, 0.4) is 0 Å². The fourth-order valence-corrected chi connectivity index (χ4v) is 6.47. The molecule has 2 aromatic carbocycles. The normalized spacial score (nSPS) is 14.2. The molecule has 1 aliphatic carbocycles. The molecule has 0 bridgehead atoms. The highest BCUT2D eigenvalue weighted by Gasteiger charge is 2.29. The van der Waals surface area contributed by atoms with Crippen molar-refractivity contribution < 1.29 is 66.8 Å². The number of nitrogens with zero attached hydrogens (tertiary/aromatic N) is 1. The van der Waals surface area contributed by atoms with Crippen LogP contribution in [0.2, 0.25) is 0 Å². The van der Waals surface area contributed by atoms with Gasteiger partial charge < -0.3 is 60.2 Å². The van der Waals surface area contributed by atoms with Crippen LogP contribution < -0.4 is 31.7 Å². The van der Waals surface area contributed by atoms with E-state index in [1.54, 1.807) is 38.1 Å². The third kappa shape index (κ3) is 25.1. The van der Waals surface area contributed by atoms with Crippen LogP contribution >= 0.6 is 0 Å². The molecule has 0 aliphatic heterocycles. The van der Waals surface area contributed by atoms with Crippen molar-refractivity contribution in [2.75, 3.05) is 77.9 Å². The number of anilines is 1. The monoisotopic (exact) mass is 954 g/mol. The van der Waals surface area contributed by atoms with Crippen molar-refractivity contribution in [3.63, 3.8) is 0 Å². The van der Waals surface area contributed by atoms with Gasteiger partial charge in [-0.3, -0.25) is 29.3 Å². The van der Waals surface area contributed by atoms with Gasteiger partial charge in [0.25, 0.3) is 5.69 Å². The molecule has 5 amide bonds. The van der Waals surface area contributed by atoms with E-state index in [0.717, 1.165) is 32.1 Å². The van der Waals surface area contributed by atoms with Gasteiger partial charge in [0.05, 0.1) is 63.8 Å². The molecule has 0 aromatic heterocycles. The van der Waals surface area contributed by atoms with Crippen molar-refractivity contribution in [3.8, 4) is 17.6 Å². The number of Topliss-reactive ketones (excluding diaryl/α,β-unsaturated/α-hetero) is 1. The third-order valence-electron chi connectivity index (χ3n) is 10.1. The molecule has 0 saturated carbocycles. The second kappa shape index (κ2) is 33.3. The average molecular weight is 955 g/mol. The molecule has 0 heterocycles. The maximum absolute atomic E-state index is 13.6. The molecule has 1 aliphatic rings. The van der Waals surface area contributed by atoms with Crippen molar-refractivity contribution in [2.24, 2.45) is 17.6 Å². The standard InChI is InChI=1S/C47H66N6O15/c1-34(2)44(52-42(55)20-23-62-25-27-64-29-30-65-28-26-63-24-22-49-43(56)33-66-39-10-6-4-3-5-7-11-39)41(54)31-36(9-8-21-50-46(48)58)45(57)51-37-14-12-35(13-15-37)32-67-47(59)68-40-18-16-38(17-19-40)53(60)61/h12-19,34,36,39,44H,3-6,8-10,20-33H2,1-2H3,(H,49,56)(H,51,57)(H,52,55)(H3,48,50,58)/t36-,39?,44+/m1/s1. The summed E-state index contributed by atoms with van der Waals surface area (Å²) in [7, 11) is 0. The van der Waals surface area contributed by atoms with Crippen molar-refractivity contribution >= 4 is 47.1 Å². The van der Waals surface area contributed by atoms with E-state index in [2.05, 4.69) is 33.1 Å². The van der Waals surface area contributed by atoms with Gasteiger partial charge in [0.15, 0.2) is 5.78 Å². The summed E-state index contributed by atoms with van der Waals surface area (Å²) in [5.74, 6) is 3.75. The molecule has 68 heavy (non-hydrogen) atoms. The molecule has 2 aromatic rings. The first-order valence-corrected chi connectivity index (χ1v) is 22.8. The Hall–Kier alpha value is -6.18. The Morgan fingerprint density at radius 3 is 2.12 bits per heavy atom. The molecule has 0 saturated heterocycles. The summed E-state index contributed by atoms with van der Waals surface area (Å²) in [6.07, 6.45) is 4.19. The number of ether oxygens (including phenoxy) is 7. The molecule has 21 heteroatoms. The number of nitrogens with two attached hydrogens (primary N) is 1. The summed E-state index contributed by atoms with van der Waals surface area (Å²) in [6, 6.07) is 9.73. The van der Waals surface area contributed by atoms with Gasteiger partial charge in [0.2, 0.25) is 17.7 Å². The van der Waals surface area contributed by atoms with Crippen molar-refractivity contribution in [1.29, 1.82) is 0 Å². The van der Waals surface area contributed by atoms with E-state index < -0.39 is 40.9 Å². The van der Waals surface area contributed by atoms with Crippen molar-refractivity contribution in [2.45, 2.75) is 90.4 Å². The predicted molar refractivity (Wildman–Crippen MR) is 247 cm³/mol. The van der Waals surface area contributed by atoms with Crippen LogP contribution in [-0.4, -0.2) is 125 Å². The first-order chi connectivity index (χ1) is 32.8. The van der Waals surface area contributed by atoms with Crippen molar-refractivity contribution in [1.82, 2.24) is 16.0 Å². The van der Waals surface area contributed by atoms with Crippen LogP contribution in [0, 0.1) is 33.8 Å². The Morgan fingerprint density at radius 2 is 1.47 bits per heavy atom. The minimum absolute atomic E-state index is 0.00254. The fraction of sp³-hybridized carbons (Fsp3) is 0.574. The third-order valence-corrected chi connectivity index (χ3v) is 10.1. The zero-order chi connectivity index (χ0) is 49.4. The topological polar surface area (TPSA) is 284 Å². The Bertz CT molecular complexity index is 1940. The summed E-state index contributed by atoms with van der Waals surface area (Å²) in [5, 5.41) is 21.6. The number of amides is 5. The number of carbonyl (C=O) groups excluding carboxylic acids is 6. The second-order valence-electron chi connectivity index (χ2n) is 15.9. The summed E-state index contributed by atoms with van der Waals surface area (Å²) in [5.41, 5.74) is 6.00. The maximum atomic E-state index is 13.6. The van der Waals surface area contributed by atoms with Crippen LogP contribution in [0.5, 0.6) is 5.75 Å². The molecule has 3 rings (SSSR count). The summed E-state index contributed by atoms with van der Waals surface area (Å²) < 4.78 is 37.8. The second-order valence-corrected chi connectivity index (χ2v) is 15.9.